The highest BCUT2D eigenvalue weighted by Crippen LogP contribution is 2.24. The van der Waals surface area contributed by atoms with Gasteiger partial charge in [0, 0.05) is 7.05 Å². The van der Waals surface area contributed by atoms with Gasteiger partial charge in [-0.15, -0.1) is 10.2 Å². The lowest BCUT2D eigenvalue weighted by molar-refractivity contribution is -0.123. The van der Waals surface area contributed by atoms with Crippen molar-refractivity contribution in [2.75, 3.05) is 5.75 Å². The van der Waals surface area contributed by atoms with E-state index in [1.165, 1.54) is 6.33 Å². The lowest BCUT2D eigenvalue weighted by Gasteiger charge is -2.11. The topological polar surface area (TPSA) is 85.2 Å². The number of nitrogens with zero attached hydrogens (tertiary/aromatic N) is 4. The maximum atomic E-state index is 12.1. The van der Waals surface area contributed by atoms with Gasteiger partial charge in [-0.3, -0.25) is 14.4 Å². The molecule has 2 aromatic rings. The second-order valence-corrected chi connectivity index (χ2v) is 5.34. The van der Waals surface area contributed by atoms with Gasteiger partial charge in [-0.1, -0.05) is 23.9 Å². The first-order valence-corrected chi connectivity index (χ1v) is 7.05. The number of imide groups is 3. The Labute approximate surface area is 124 Å². The molecule has 0 saturated heterocycles. The summed E-state index contributed by atoms with van der Waals surface area (Å²) in [6.45, 7) is 0. The first-order valence-electron chi connectivity index (χ1n) is 6.07. The number of aryl methyl sites for hydroxylation is 1. The van der Waals surface area contributed by atoms with Crippen LogP contribution in [0.15, 0.2) is 35.7 Å². The molecule has 1 aromatic heterocycles. The number of carbonyl (C=O) groups excluding carboxylic acids is 3. The van der Waals surface area contributed by atoms with Crippen LogP contribution in [0, 0.1) is 0 Å². The van der Waals surface area contributed by atoms with Gasteiger partial charge in [0.15, 0.2) is 5.16 Å². The molecule has 8 heteroatoms. The molecule has 0 atom stereocenters. The van der Waals surface area contributed by atoms with Gasteiger partial charge in [0.25, 0.3) is 11.8 Å². The molecular formula is C13H10N4O3S. The van der Waals surface area contributed by atoms with Crippen molar-refractivity contribution >= 4 is 29.5 Å². The lowest BCUT2D eigenvalue weighted by Crippen LogP contribution is -2.37. The van der Waals surface area contributed by atoms with Gasteiger partial charge in [-0.2, -0.15) is 0 Å². The zero-order valence-electron chi connectivity index (χ0n) is 11.0. The van der Waals surface area contributed by atoms with Crippen molar-refractivity contribution in [2.45, 2.75) is 5.16 Å². The summed E-state index contributed by atoms with van der Waals surface area (Å²) in [4.78, 5) is 37.1. The summed E-state index contributed by atoms with van der Waals surface area (Å²) in [5.74, 6) is -1.76. The Morgan fingerprint density at radius 1 is 1.19 bits per heavy atom. The summed E-state index contributed by atoms with van der Waals surface area (Å²) < 4.78 is 1.65. The van der Waals surface area contributed by atoms with Gasteiger partial charge in [0.1, 0.15) is 6.33 Å². The standard InChI is InChI=1S/C13H10N4O3S/c1-16-7-14-15-13(16)21-6-10(18)17-11(19)8-4-2-3-5-9(8)12(17)20/h2-5,7H,6H2,1H3. The van der Waals surface area contributed by atoms with Crippen molar-refractivity contribution in [3.8, 4) is 0 Å². The van der Waals surface area contributed by atoms with Crippen LogP contribution in [-0.2, 0) is 11.8 Å². The molecule has 2 heterocycles. The van der Waals surface area contributed by atoms with Crippen molar-refractivity contribution < 1.29 is 14.4 Å². The Hall–Kier alpha value is -2.48. The lowest BCUT2D eigenvalue weighted by atomic mass is 10.1. The fourth-order valence-corrected chi connectivity index (χ4v) is 2.75. The van der Waals surface area contributed by atoms with Crippen LogP contribution >= 0.6 is 11.8 Å². The molecule has 0 unspecified atom stereocenters. The number of benzene rings is 1. The van der Waals surface area contributed by atoms with E-state index in [0.29, 0.717) is 10.1 Å². The van der Waals surface area contributed by atoms with Crippen molar-refractivity contribution in [3.63, 3.8) is 0 Å². The predicted molar refractivity (Wildman–Crippen MR) is 73.7 cm³/mol. The number of aromatic nitrogens is 3. The minimum Gasteiger partial charge on any atom is -0.312 e. The first kappa shape index (κ1) is 13.5. The van der Waals surface area contributed by atoms with Gasteiger partial charge in [0.2, 0.25) is 5.91 Å². The zero-order valence-corrected chi connectivity index (χ0v) is 11.8. The summed E-state index contributed by atoms with van der Waals surface area (Å²) in [5.41, 5.74) is 0.527. The maximum absolute atomic E-state index is 12.1. The molecular weight excluding hydrogens is 292 g/mol. The molecule has 1 aromatic carbocycles. The van der Waals surface area contributed by atoms with Crippen LogP contribution in [0.25, 0.3) is 0 Å². The van der Waals surface area contributed by atoms with E-state index in [0.717, 1.165) is 11.8 Å². The molecule has 21 heavy (non-hydrogen) atoms. The normalized spacial score (nSPS) is 13.7. The van der Waals surface area contributed by atoms with Crippen molar-refractivity contribution in [2.24, 2.45) is 7.05 Å². The number of amides is 3. The summed E-state index contributed by atoms with van der Waals surface area (Å²) in [7, 11) is 1.74. The third-order valence-electron chi connectivity index (χ3n) is 3.04. The molecule has 106 valence electrons. The molecule has 0 spiro atoms. The Morgan fingerprint density at radius 2 is 1.81 bits per heavy atom. The minimum absolute atomic E-state index is 0.0575. The van der Waals surface area contributed by atoms with E-state index in [1.807, 2.05) is 0 Å². The van der Waals surface area contributed by atoms with Crippen LogP contribution in [0.5, 0.6) is 0 Å². The average Bonchev–Trinajstić information content (AvgIpc) is 3.00. The third kappa shape index (κ3) is 2.23. The van der Waals surface area contributed by atoms with Crippen LogP contribution in [-0.4, -0.2) is 43.1 Å². The predicted octanol–water partition coefficient (Wildman–Crippen LogP) is 0.730. The summed E-state index contributed by atoms with van der Waals surface area (Å²) in [6.07, 6.45) is 1.51. The van der Waals surface area contributed by atoms with Crippen molar-refractivity contribution in [1.29, 1.82) is 0 Å². The monoisotopic (exact) mass is 302 g/mol. The van der Waals surface area contributed by atoms with Crippen molar-refractivity contribution in [3.05, 3.63) is 41.7 Å². The number of thioether (sulfide) groups is 1. The first-order chi connectivity index (χ1) is 10.1. The Balaban J connectivity index is 1.76. The van der Waals surface area contributed by atoms with E-state index < -0.39 is 17.7 Å². The minimum atomic E-state index is -0.570. The van der Waals surface area contributed by atoms with Gasteiger partial charge >= 0.3 is 0 Å². The number of hydrogen-bond acceptors (Lipinski definition) is 6. The highest BCUT2D eigenvalue weighted by molar-refractivity contribution is 7.99. The summed E-state index contributed by atoms with van der Waals surface area (Å²) in [5, 5.41) is 8.06. The molecule has 0 radical (unpaired) electrons. The molecule has 0 fully saturated rings. The van der Waals surface area contributed by atoms with Gasteiger partial charge in [-0.05, 0) is 12.1 Å². The van der Waals surface area contributed by atoms with E-state index in [4.69, 9.17) is 0 Å². The summed E-state index contributed by atoms with van der Waals surface area (Å²) >= 11 is 1.13. The van der Waals surface area contributed by atoms with E-state index >= 15 is 0 Å². The second kappa shape index (κ2) is 5.13. The Bertz CT molecular complexity index is 720. The SMILES string of the molecule is Cn1cnnc1SCC(=O)N1C(=O)c2ccccc2C1=O. The maximum Gasteiger partial charge on any atom is 0.268 e. The fraction of sp³-hybridized carbons (Fsp3) is 0.154. The largest absolute Gasteiger partial charge is 0.312 e. The molecule has 0 N–H and O–H groups in total. The number of fused-ring (bicyclic) bond motifs is 1. The molecule has 1 aliphatic rings. The number of hydrogen-bond donors (Lipinski definition) is 0. The average molecular weight is 302 g/mol. The fourth-order valence-electron chi connectivity index (χ4n) is 2.01. The Morgan fingerprint density at radius 3 is 2.33 bits per heavy atom. The van der Waals surface area contributed by atoms with Gasteiger partial charge < -0.3 is 4.57 Å². The molecule has 0 aliphatic carbocycles. The number of carbonyl (C=O) groups is 3. The quantitative estimate of drug-likeness (QED) is 0.614. The van der Waals surface area contributed by atoms with Gasteiger partial charge in [-0.25, -0.2) is 4.90 Å². The highest BCUT2D eigenvalue weighted by atomic mass is 32.2. The van der Waals surface area contributed by atoms with E-state index in [9.17, 15) is 14.4 Å². The second-order valence-electron chi connectivity index (χ2n) is 4.40. The van der Waals surface area contributed by atoms with Crippen LogP contribution in [0.3, 0.4) is 0 Å². The molecule has 0 saturated carbocycles. The van der Waals surface area contributed by atoms with Crippen LogP contribution in [0.1, 0.15) is 20.7 Å². The molecule has 7 nitrogen and oxygen atoms in total. The molecule has 3 amide bonds. The number of rotatable bonds is 3. The van der Waals surface area contributed by atoms with Crippen LogP contribution < -0.4 is 0 Å². The zero-order chi connectivity index (χ0) is 15.0. The highest BCUT2D eigenvalue weighted by Gasteiger charge is 2.39. The third-order valence-corrected chi connectivity index (χ3v) is 4.06. The van der Waals surface area contributed by atoms with Crippen molar-refractivity contribution in [1.82, 2.24) is 19.7 Å². The summed E-state index contributed by atoms with van der Waals surface area (Å²) in [6, 6.07) is 6.40. The molecule has 3 rings (SSSR count). The molecule has 0 bridgehead atoms. The molecule has 1 aliphatic heterocycles. The Kier molecular flexibility index (Phi) is 3.30. The van der Waals surface area contributed by atoms with E-state index in [-0.39, 0.29) is 16.9 Å². The van der Waals surface area contributed by atoms with Crippen LogP contribution in [0.4, 0.5) is 0 Å². The van der Waals surface area contributed by atoms with Gasteiger partial charge in [0.05, 0.1) is 16.9 Å². The van der Waals surface area contributed by atoms with E-state index in [2.05, 4.69) is 10.2 Å². The van der Waals surface area contributed by atoms with E-state index in [1.54, 1.807) is 35.9 Å². The smallest absolute Gasteiger partial charge is 0.268 e. The van der Waals surface area contributed by atoms with Crippen LogP contribution in [0.2, 0.25) is 0 Å².